The molecule has 17 heavy (non-hydrogen) atoms. The molecule has 4 heteroatoms. The van der Waals surface area contributed by atoms with Gasteiger partial charge in [0.25, 0.3) is 0 Å². The van der Waals surface area contributed by atoms with Gasteiger partial charge in [0.1, 0.15) is 11.5 Å². The fraction of sp³-hybridized carbons (Fsp3) is 0.462. The van der Waals surface area contributed by atoms with E-state index < -0.39 is 12.1 Å². The number of fused-ring (bicyclic) bond motifs is 1. The molecule has 1 atom stereocenters. The molecule has 1 unspecified atom stereocenters. The van der Waals surface area contributed by atoms with Gasteiger partial charge in [-0.3, -0.25) is 0 Å². The quantitative estimate of drug-likeness (QED) is 0.797. The molecule has 1 aliphatic heterocycles. The molecular formula is C13H16O4. The van der Waals surface area contributed by atoms with Crippen molar-refractivity contribution in [3.63, 3.8) is 0 Å². The number of carboxylic acids is 1. The third-order valence-corrected chi connectivity index (χ3v) is 2.76. The first-order valence-corrected chi connectivity index (χ1v) is 5.86. The van der Waals surface area contributed by atoms with Crippen molar-refractivity contribution in [1.82, 2.24) is 0 Å². The summed E-state index contributed by atoms with van der Waals surface area (Å²) in [7, 11) is 0. The number of ether oxygens (including phenoxy) is 2. The number of carbonyl (C=O) groups is 1. The molecule has 2 rings (SSSR count). The number of hydrogen-bond donors (Lipinski definition) is 1. The Balaban J connectivity index is 2.02. The highest BCUT2D eigenvalue weighted by Gasteiger charge is 2.28. The van der Waals surface area contributed by atoms with Crippen LogP contribution in [-0.4, -0.2) is 23.8 Å². The maximum absolute atomic E-state index is 10.8. The number of rotatable bonds is 5. The SMILES string of the molecule is CCCCOc1ccc2c(c1)OC(C(=O)O)C2. The summed E-state index contributed by atoms with van der Waals surface area (Å²) < 4.78 is 10.9. The lowest BCUT2D eigenvalue weighted by Crippen LogP contribution is -2.24. The van der Waals surface area contributed by atoms with Crippen LogP contribution in [0.5, 0.6) is 11.5 Å². The molecule has 0 aromatic heterocycles. The van der Waals surface area contributed by atoms with Gasteiger partial charge >= 0.3 is 5.97 Å². The molecule has 1 aliphatic rings. The molecule has 0 aliphatic carbocycles. The Morgan fingerprint density at radius 3 is 3.12 bits per heavy atom. The van der Waals surface area contributed by atoms with Crippen molar-refractivity contribution in [2.24, 2.45) is 0 Å². The molecule has 1 aromatic rings. The van der Waals surface area contributed by atoms with E-state index in [0.717, 1.165) is 24.2 Å². The van der Waals surface area contributed by atoms with Crippen LogP contribution in [-0.2, 0) is 11.2 Å². The van der Waals surface area contributed by atoms with Crippen molar-refractivity contribution in [3.8, 4) is 11.5 Å². The van der Waals surface area contributed by atoms with Crippen LogP contribution in [0.15, 0.2) is 18.2 Å². The van der Waals surface area contributed by atoms with E-state index in [0.29, 0.717) is 18.8 Å². The fourth-order valence-electron chi connectivity index (χ4n) is 1.77. The van der Waals surface area contributed by atoms with E-state index in [1.165, 1.54) is 0 Å². The number of unbranched alkanes of at least 4 members (excludes halogenated alkanes) is 1. The Hall–Kier alpha value is -1.71. The maximum atomic E-state index is 10.8. The van der Waals surface area contributed by atoms with Crippen molar-refractivity contribution < 1.29 is 19.4 Å². The van der Waals surface area contributed by atoms with Crippen LogP contribution in [0.4, 0.5) is 0 Å². The highest BCUT2D eigenvalue weighted by Crippen LogP contribution is 2.32. The number of hydrogen-bond acceptors (Lipinski definition) is 3. The minimum Gasteiger partial charge on any atom is -0.493 e. The lowest BCUT2D eigenvalue weighted by molar-refractivity contribution is -0.144. The summed E-state index contributed by atoms with van der Waals surface area (Å²) in [6.07, 6.45) is 1.77. The Morgan fingerprint density at radius 2 is 2.41 bits per heavy atom. The highest BCUT2D eigenvalue weighted by atomic mass is 16.5. The van der Waals surface area contributed by atoms with Gasteiger partial charge in [0.2, 0.25) is 0 Å². The molecule has 0 radical (unpaired) electrons. The lowest BCUT2D eigenvalue weighted by atomic mass is 10.1. The van der Waals surface area contributed by atoms with Gasteiger partial charge in [-0.1, -0.05) is 19.4 Å². The van der Waals surface area contributed by atoms with E-state index in [4.69, 9.17) is 14.6 Å². The van der Waals surface area contributed by atoms with E-state index in [-0.39, 0.29) is 0 Å². The first-order valence-electron chi connectivity index (χ1n) is 5.86. The monoisotopic (exact) mass is 236 g/mol. The average molecular weight is 236 g/mol. The summed E-state index contributed by atoms with van der Waals surface area (Å²) >= 11 is 0. The Labute approximate surface area is 100 Å². The summed E-state index contributed by atoms with van der Waals surface area (Å²) in [5, 5.41) is 8.87. The summed E-state index contributed by atoms with van der Waals surface area (Å²) in [5.41, 5.74) is 0.931. The van der Waals surface area contributed by atoms with Gasteiger partial charge in [-0.15, -0.1) is 0 Å². The zero-order valence-corrected chi connectivity index (χ0v) is 9.81. The molecule has 1 N–H and O–H groups in total. The zero-order valence-electron chi connectivity index (χ0n) is 9.81. The molecule has 0 saturated carbocycles. The molecule has 0 fully saturated rings. The van der Waals surface area contributed by atoms with Crippen LogP contribution in [0.2, 0.25) is 0 Å². The largest absolute Gasteiger partial charge is 0.493 e. The van der Waals surface area contributed by atoms with Crippen LogP contribution in [0.1, 0.15) is 25.3 Å². The Kier molecular flexibility index (Phi) is 3.52. The average Bonchev–Trinajstić information content (AvgIpc) is 2.72. The van der Waals surface area contributed by atoms with E-state index in [9.17, 15) is 4.79 Å². The van der Waals surface area contributed by atoms with Crippen LogP contribution in [0, 0.1) is 0 Å². The van der Waals surface area contributed by atoms with E-state index >= 15 is 0 Å². The van der Waals surface area contributed by atoms with Crippen LogP contribution >= 0.6 is 0 Å². The second-order valence-electron chi connectivity index (χ2n) is 4.12. The number of benzene rings is 1. The molecule has 0 spiro atoms. The van der Waals surface area contributed by atoms with E-state index in [1.807, 2.05) is 12.1 Å². The first kappa shape index (κ1) is 11.8. The van der Waals surface area contributed by atoms with Crippen LogP contribution in [0.25, 0.3) is 0 Å². The molecule has 0 amide bonds. The smallest absolute Gasteiger partial charge is 0.345 e. The van der Waals surface area contributed by atoms with E-state index in [2.05, 4.69) is 6.92 Å². The number of carboxylic acid groups (broad SMARTS) is 1. The molecule has 92 valence electrons. The maximum Gasteiger partial charge on any atom is 0.345 e. The minimum atomic E-state index is -0.922. The van der Waals surface area contributed by atoms with Crippen molar-refractivity contribution in [2.75, 3.05) is 6.61 Å². The molecule has 4 nitrogen and oxygen atoms in total. The molecule has 0 saturated heterocycles. The van der Waals surface area contributed by atoms with Gasteiger partial charge in [0.05, 0.1) is 6.61 Å². The third kappa shape index (κ3) is 2.70. The molecular weight excluding hydrogens is 220 g/mol. The highest BCUT2D eigenvalue weighted by molar-refractivity contribution is 5.74. The zero-order chi connectivity index (χ0) is 12.3. The van der Waals surface area contributed by atoms with Gasteiger partial charge < -0.3 is 14.6 Å². The number of aliphatic carboxylic acids is 1. The van der Waals surface area contributed by atoms with Gasteiger partial charge in [-0.25, -0.2) is 4.79 Å². The topological polar surface area (TPSA) is 55.8 Å². The summed E-state index contributed by atoms with van der Waals surface area (Å²) in [6.45, 7) is 2.78. The molecule has 0 bridgehead atoms. The van der Waals surface area contributed by atoms with Crippen molar-refractivity contribution in [2.45, 2.75) is 32.3 Å². The van der Waals surface area contributed by atoms with Crippen molar-refractivity contribution >= 4 is 5.97 Å². The van der Waals surface area contributed by atoms with Gasteiger partial charge in [-0.05, 0) is 18.1 Å². The minimum absolute atomic E-state index is 0.430. The fourth-order valence-corrected chi connectivity index (χ4v) is 1.77. The first-order chi connectivity index (χ1) is 8.20. The third-order valence-electron chi connectivity index (χ3n) is 2.76. The standard InChI is InChI=1S/C13H16O4/c1-2-3-6-16-10-5-4-9-7-12(13(14)15)17-11(9)8-10/h4-5,8,12H,2-3,6-7H2,1H3,(H,14,15). The normalized spacial score (nSPS) is 17.4. The van der Waals surface area contributed by atoms with Gasteiger partial charge in [0.15, 0.2) is 6.10 Å². The summed E-state index contributed by atoms with van der Waals surface area (Å²) in [5.74, 6) is 0.448. The van der Waals surface area contributed by atoms with Crippen LogP contribution in [0.3, 0.4) is 0 Å². The Bertz CT molecular complexity index is 414. The summed E-state index contributed by atoms with van der Waals surface area (Å²) in [6, 6.07) is 5.51. The second-order valence-corrected chi connectivity index (χ2v) is 4.12. The Morgan fingerprint density at radius 1 is 1.59 bits per heavy atom. The van der Waals surface area contributed by atoms with E-state index in [1.54, 1.807) is 6.07 Å². The summed E-state index contributed by atoms with van der Waals surface area (Å²) in [4.78, 5) is 10.8. The van der Waals surface area contributed by atoms with Gasteiger partial charge in [0, 0.05) is 12.5 Å². The lowest BCUT2D eigenvalue weighted by Gasteiger charge is -2.07. The molecule has 1 aromatic carbocycles. The predicted molar refractivity (Wildman–Crippen MR) is 62.6 cm³/mol. The van der Waals surface area contributed by atoms with Gasteiger partial charge in [-0.2, -0.15) is 0 Å². The second kappa shape index (κ2) is 5.08. The predicted octanol–water partition coefficient (Wildman–Crippen LogP) is 2.25. The van der Waals surface area contributed by atoms with Crippen molar-refractivity contribution in [3.05, 3.63) is 23.8 Å². The molecule has 1 heterocycles. The van der Waals surface area contributed by atoms with Crippen LogP contribution < -0.4 is 9.47 Å². The van der Waals surface area contributed by atoms with Crippen molar-refractivity contribution in [1.29, 1.82) is 0 Å².